The molecule has 1 saturated carbocycles. The molecule has 0 unspecified atom stereocenters. The molecule has 0 spiro atoms. The number of nitrogens with one attached hydrogen (secondary N) is 2. The van der Waals surface area contributed by atoms with Crippen molar-refractivity contribution in [2.24, 2.45) is 5.92 Å². The van der Waals surface area contributed by atoms with E-state index in [1.54, 1.807) is 38.1 Å². The predicted molar refractivity (Wildman–Crippen MR) is 113 cm³/mol. The van der Waals surface area contributed by atoms with E-state index in [2.05, 4.69) is 10.0 Å². The van der Waals surface area contributed by atoms with E-state index in [-0.39, 0.29) is 36.9 Å². The third-order valence-corrected chi connectivity index (χ3v) is 6.74. The van der Waals surface area contributed by atoms with Gasteiger partial charge in [-0.2, -0.15) is 0 Å². The molecule has 170 valence electrons. The number of hydrogen-bond acceptors (Lipinski definition) is 5. The molecule has 10 heteroatoms. The van der Waals surface area contributed by atoms with Crippen LogP contribution in [0, 0.1) is 11.7 Å². The van der Waals surface area contributed by atoms with E-state index in [4.69, 9.17) is 4.74 Å². The Morgan fingerprint density at radius 2 is 2.03 bits per heavy atom. The van der Waals surface area contributed by atoms with E-state index in [1.807, 2.05) is 0 Å². The SMILES string of the molecule is CC(C)(NS(=O)(=O)CCC=CCN1CC(=O)NC1=O)c1ccc(F)c(OCC2CC2)c1. The van der Waals surface area contributed by atoms with Crippen LogP contribution in [-0.4, -0.2) is 50.7 Å². The summed E-state index contributed by atoms with van der Waals surface area (Å²) in [6.07, 6.45) is 5.73. The van der Waals surface area contributed by atoms with Crippen LogP contribution < -0.4 is 14.8 Å². The first kappa shape index (κ1) is 23.2. The number of allylic oxidation sites excluding steroid dienone is 1. The van der Waals surface area contributed by atoms with Crippen LogP contribution in [0.2, 0.25) is 0 Å². The largest absolute Gasteiger partial charge is 0.490 e. The minimum Gasteiger partial charge on any atom is -0.490 e. The number of halogens is 1. The molecule has 0 atom stereocenters. The number of amides is 3. The van der Waals surface area contributed by atoms with Crippen LogP contribution in [-0.2, 0) is 20.4 Å². The first-order valence-corrected chi connectivity index (χ1v) is 11.9. The Morgan fingerprint density at radius 1 is 1.29 bits per heavy atom. The molecular weight excluding hydrogens is 425 g/mol. The molecule has 1 heterocycles. The molecular formula is C21H28FN3O5S. The van der Waals surface area contributed by atoms with Crippen LogP contribution >= 0.6 is 0 Å². The minimum atomic E-state index is -3.63. The third-order valence-electron chi connectivity index (χ3n) is 5.15. The summed E-state index contributed by atoms with van der Waals surface area (Å²) >= 11 is 0. The maximum Gasteiger partial charge on any atom is 0.324 e. The summed E-state index contributed by atoms with van der Waals surface area (Å²) < 4.78 is 47.3. The van der Waals surface area contributed by atoms with Crippen molar-refractivity contribution in [3.8, 4) is 5.75 Å². The highest BCUT2D eigenvalue weighted by molar-refractivity contribution is 7.89. The number of benzene rings is 1. The second-order valence-corrected chi connectivity index (χ2v) is 10.3. The molecule has 1 aliphatic heterocycles. The number of carbonyl (C=O) groups is 2. The van der Waals surface area contributed by atoms with E-state index in [0.29, 0.717) is 18.1 Å². The summed E-state index contributed by atoms with van der Waals surface area (Å²) in [5.74, 6) is -0.368. The van der Waals surface area contributed by atoms with Gasteiger partial charge in [0.15, 0.2) is 11.6 Å². The summed E-state index contributed by atoms with van der Waals surface area (Å²) in [7, 11) is -3.63. The van der Waals surface area contributed by atoms with E-state index in [0.717, 1.165) is 12.8 Å². The molecule has 31 heavy (non-hydrogen) atoms. The van der Waals surface area contributed by atoms with Gasteiger partial charge in [0.1, 0.15) is 6.54 Å². The van der Waals surface area contributed by atoms with Gasteiger partial charge in [-0.1, -0.05) is 18.2 Å². The molecule has 2 aliphatic rings. The zero-order chi connectivity index (χ0) is 22.6. The number of rotatable bonds is 11. The topological polar surface area (TPSA) is 105 Å². The standard InChI is InChI=1S/C21H28FN3O5S/c1-21(2,16-8-9-17(22)18(12-16)30-14-15-6-7-15)24-31(28,29)11-5-3-4-10-25-13-19(26)23-20(25)27/h3-4,8-9,12,15,24H,5-7,10-11,13-14H2,1-2H3,(H,23,26,27). The Balaban J connectivity index is 1.53. The number of sulfonamides is 1. The molecule has 1 aromatic rings. The Morgan fingerprint density at radius 3 is 2.68 bits per heavy atom. The van der Waals surface area contributed by atoms with Gasteiger partial charge >= 0.3 is 6.03 Å². The van der Waals surface area contributed by atoms with Gasteiger partial charge in [-0.15, -0.1) is 0 Å². The maximum atomic E-state index is 14.0. The Hall–Kier alpha value is -2.46. The zero-order valence-electron chi connectivity index (χ0n) is 17.7. The van der Waals surface area contributed by atoms with E-state index < -0.39 is 27.4 Å². The Kier molecular flexibility index (Phi) is 7.00. The van der Waals surface area contributed by atoms with Crippen LogP contribution in [0.15, 0.2) is 30.4 Å². The van der Waals surface area contributed by atoms with Crippen molar-refractivity contribution in [2.45, 2.75) is 38.6 Å². The Labute approximate surface area is 181 Å². The van der Waals surface area contributed by atoms with Crippen LogP contribution in [0.5, 0.6) is 5.75 Å². The van der Waals surface area contributed by atoms with Gasteiger partial charge < -0.3 is 9.64 Å². The van der Waals surface area contributed by atoms with Gasteiger partial charge in [-0.3, -0.25) is 10.1 Å². The van der Waals surface area contributed by atoms with Crippen LogP contribution in [0.25, 0.3) is 0 Å². The van der Waals surface area contributed by atoms with E-state index >= 15 is 0 Å². The number of nitrogens with zero attached hydrogens (tertiary/aromatic N) is 1. The van der Waals surface area contributed by atoms with Gasteiger partial charge in [-0.25, -0.2) is 22.3 Å². The van der Waals surface area contributed by atoms with Crippen molar-refractivity contribution in [2.75, 3.05) is 25.4 Å². The molecule has 8 nitrogen and oxygen atoms in total. The number of carbonyl (C=O) groups excluding carboxylic acids is 2. The lowest BCUT2D eigenvalue weighted by Gasteiger charge is -2.27. The fourth-order valence-corrected chi connectivity index (χ4v) is 4.61. The summed E-state index contributed by atoms with van der Waals surface area (Å²) in [5.41, 5.74) is -0.356. The average Bonchev–Trinajstić information content (AvgIpc) is 3.43. The van der Waals surface area contributed by atoms with Gasteiger partial charge in [0.05, 0.1) is 17.9 Å². The van der Waals surface area contributed by atoms with Crippen molar-refractivity contribution in [1.29, 1.82) is 0 Å². The molecule has 1 aliphatic carbocycles. The number of urea groups is 1. The first-order valence-electron chi connectivity index (χ1n) is 10.2. The molecule has 3 rings (SSSR count). The number of hydrogen-bond donors (Lipinski definition) is 2. The molecule has 1 saturated heterocycles. The molecule has 0 aromatic heterocycles. The average molecular weight is 454 g/mol. The quantitative estimate of drug-likeness (QED) is 0.395. The second kappa shape index (κ2) is 9.35. The molecule has 0 radical (unpaired) electrons. The highest BCUT2D eigenvalue weighted by Crippen LogP contribution is 2.32. The Bertz CT molecular complexity index is 973. The van der Waals surface area contributed by atoms with Crippen LogP contribution in [0.4, 0.5) is 9.18 Å². The number of imide groups is 1. The van der Waals surface area contributed by atoms with Crippen LogP contribution in [0.3, 0.4) is 0 Å². The van der Waals surface area contributed by atoms with Crippen molar-refractivity contribution < 1.29 is 27.1 Å². The third kappa shape index (κ3) is 6.76. The van der Waals surface area contributed by atoms with Gasteiger partial charge in [0.25, 0.3) is 0 Å². The van der Waals surface area contributed by atoms with E-state index in [9.17, 15) is 22.4 Å². The smallest absolute Gasteiger partial charge is 0.324 e. The molecule has 2 fully saturated rings. The number of ether oxygens (including phenoxy) is 1. The predicted octanol–water partition coefficient (Wildman–Crippen LogP) is 2.27. The molecule has 3 amide bonds. The lowest BCUT2D eigenvalue weighted by Crippen LogP contribution is -2.42. The summed E-state index contributed by atoms with van der Waals surface area (Å²) in [4.78, 5) is 23.9. The lowest BCUT2D eigenvalue weighted by atomic mass is 9.95. The van der Waals surface area contributed by atoms with E-state index in [1.165, 1.54) is 11.0 Å². The molecule has 1 aromatic carbocycles. The molecule has 2 N–H and O–H groups in total. The van der Waals surface area contributed by atoms with Crippen molar-refractivity contribution in [3.05, 3.63) is 41.7 Å². The highest BCUT2D eigenvalue weighted by atomic mass is 32.2. The van der Waals surface area contributed by atoms with Crippen molar-refractivity contribution >= 4 is 22.0 Å². The minimum absolute atomic E-state index is 0.00124. The summed E-state index contributed by atoms with van der Waals surface area (Å²) in [6.45, 7) is 4.12. The fourth-order valence-electron chi connectivity index (χ4n) is 3.17. The maximum absolute atomic E-state index is 14.0. The highest BCUT2D eigenvalue weighted by Gasteiger charge is 2.28. The summed E-state index contributed by atoms with van der Waals surface area (Å²) in [5, 5.41) is 2.17. The van der Waals surface area contributed by atoms with Gasteiger partial charge in [-0.05, 0) is 56.7 Å². The fraction of sp³-hybridized carbons (Fsp3) is 0.524. The molecule has 0 bridgehead atoms. The van der Waals surface area contributed by atoms with Crippen molar-refractivity contribution in [3.63, 3.8) is 0 Å². The van der Waals surface area contributed by atoms with Gasteiger partial charge in [0, 0.05) is 6.54 Å². The first-order chi connectivity index (χ1) is 14.6. The van der Waals surface area contributed by atoms with Crippen LogP contribution in [0.1, 0.15) is 38.7 Å². The monoisotopic (exact) mass is 453 g/mol. The normalized spacial score (nSPS) is 17.5. The summed E-state index contributed by atoms with van der Waals surface area (Å²) in [6, 6.07) is 3.92. The zero-order valence-corrected chi connectivity index (χ0v) is 18.5. The van der Waals surface area contributed by atoms with Gasteiger partial charge in [0.2, 0.25) is 15.9 Å². The lowest BCUT2D eigenvalue weighted by molar-refractivity contribution is -0.118. The second-order valence-electron chi connectivity index (χ2n) is 8.44. The van der Waals surface area contributed by atoms with Crippen molar-refractivity contribution in [1.82, 2.24) is 14.9 Å².